The molecule has 0 aliphatic rings. The minimum atomic E-state index is -0.342. The molecule has 3 nitrogen and oxygen atoms in total. The molecule has 2 aromatic rings. The molecule has 0 saturated heterocycles. The number of halogens is 2. The fourth-order valence-electron chi connectivity index (χ4n) is 1.14. The summed E-state index contributed by atoms with van der Waals surface area (Å²) >= 11 is 5.78. The smallest absolute Gasteiger partial charge is 0.258 e. The molecule has 0 saturated carbocycles. The number of alkyl halides is 1. The van der Waals surface area contributed by atoms with Crippen LogP contribution in [0.3, 0.4) is 0 Å². The maximum atomic E-state index is 12.9. The molecule has 0 spiro atoms. The van der Waals surface area contributed by atoms with Crippen molar-refractivity contribution in [1.29, 1.82) is 0 Å². The molecule has 78 valence electrons. The van der Waals surface area contributed by atoms with E-state index < -0.39 is 0 Å². The van der Waals surface area contributed by atoms with Gasteiger partial charge in [-0.05, 0) is 25.1 Å². The van der Waals surface area contributed by atoms with E-state index >= 15 is 0 Å². The summed E-state index contributed by atoms with van der Waals surface area (Å²) in [6, 6.07) is 5.96. The van der Waals surface area contributed by atoms with Crippen LogP contribution in [0.5, 0.6) is 0 Å². The second kappa shape index (κ2) is 3.98. The van der Waals surface area contributed by atoms with Crippen molar-refractivity contribution in [3.63, 3.8) is 0 Å². The van der Waals surface area contributed by atoms with Crippen molar-refractivity contribution in [1.82, 2.24) is 10.1 Å². The van der Waals surface area contributed by atoms with E-state index in [1.807, 2.05) is 0 Å². The molecule has 0 radical (unpaired) electrons. The first-order valence-corrected chi connectivity index (χ1v) is 4.84. The first-order chi connectivity index (χ1) is 7.16. The topological polar surface area (TPSA) is 38.9 Å². The zero-order chi connectivity index (χ0) is 10.8. The zero-order valence-electron chi connectivity index (χ0n) is 7.95. The summed E-state index contributed by atoms with van der Waals surface area (Å²) in [7, 11) is 0. The highest BCUT2D eigenvalue weighted by Crippen LogP contribution is 2.22. The number of rotatable bonds is 2. The Kier molecular flexibility index (Phi) is 2.68. The summed E-state index contributed by atoms with van der Waals surface area (Å²) in [6.07, 6.45) is 0. The Balaban J connectivity index is 2.37. The maximum Gasteiger partial charge on any atom is 0.258 e. The molecule has 0 aliphatic carbocycles. The standard InChI is InChI=1S/C10H8ClFN2O/c1-6(11)9-13-10(15-14-9)7-3-2-4-8(12)5-7/h2-6H,1H3. The van der Waals surface area contributed by atoms with Crippen molar-refractivity contribution >= 4 is 11.6 Å². The van der Waals surface area contributed by atoms with E-state index in [1.54, 1.807) is 19.1 Å². The van der Waals surface area contributed by atoms with Crippen LogP contribution in [0.1, 0.15) is 18.1 Å². The van der Waals surface area contributed by atoms with E-state index in [2.05, 4.69) is 10.1 Å². The third-order valence-electron chi connectivity index (χ3n) is 1.87. The molecule has 1 atom stereocenters. The van der Waals surface area contributed by atoms with Crippen LogP contribution in [-0.2, 0) is 0 Å². The Morgan fingerprint density at radius 1 is 1.47 bits per heavy atom. The Labute approximate surface area is 90.9 Å². The van der Waals surface area contributed by atoms with Crippen LogP contribution in [0.25, 0.3) is 11.5 Å². The number of hydrogen-bond acceptors (Lipinski definition) is 3. The highest BCUT2D eigenvalue weighted by Gasteiger charge is 2.12. The van der Waals surface area contributed by atoms with Gasteiger partial charge in [0.15, 0.2) is 5.82 Å². The van der Waals surface area contributed by atoms with E-state index in [4.69, 9.17) is 16.1 Å². The van der Waals surface area contributed by atoms with E-state index in [0.717, 1.165) is 0 Å². The van der Waals surface area contributed by atoms with Gasteiger partial charge in [0.05, 0.1) is 5.38 Å². The van der Waals surface area contributed by atoms with Crippen LogP contribution in [0.2, 0.25) is 0 Å². The normalized spacial score (nSPS) is 12.7. The Morgan fingerprint density at radius 2 is 2.27 bits per heavy atom. The summed E-state index contributed by atoms with van der Waals surface area (Å²) in [4.78, 5) is 4.04. The molecule has 0 N–H and O–H groups in total. The van der Waals surface area contributed by atoms with Gasteiger partial charge < -0.3 is 4.52 Å². The van der Waals surface area contributed by atoms with Gasteiger partial charge in [0.1, 0.15) is 5.82 Å². The molecule has 15 heavy (non-hydrogen) atoms. The minimum Gasteiger partial charge on any atom is -0.334 e. The van der Waals surface area contributed by atoms with Crippen molar-refractivity contribution in [2.24, 2.45) is 0 Å². The van der Waals surface area contributed by atoms with Crippen LogP contribution in [0.4, 0.5) is 4.39 Å². The van der Waals surface area contributed by atoms with Crippen molar-refractivity contribution < 1.29 is 8.91 Å². The van der Waals surface area contributed by atoms with Crippen LogP contribution in [0.15, 0.2) is 28.8 Å². The lowest BCUT2D eigenvalue weighted by atomic mass is 10.2. The average molecular weight is 227 g/mol. The molecule has 1 aromatic heterocycles. The van der Waals surface area contributed by atoms with Gasteiger partial charge in [-0.15, -0.1) is 11.6 Å². The molecule has 0 fully saturated rings. The zero-order valence-corrected chi connectivity index (χ0v) is 8.70. The van der Waals surface area contributed by atoms with Crippen LogP contribution in [-0.4, -0.2) is 10.1 Å². The molecule has 1 aromatic carbocycles. The van der Waals surface area contributed by atoms with Gasteiger partial charge in [0, 0.05) is 5.56 Å². The highest BCUT2D eigenvalue weighted by atomic mass is 35.5. The lowest BCUT2D eigenvalue weighted by molar-refractivity contribution is 0.422. The van der Waals surface area contributed by atoms with Gasteiger partial charge in [-0.2, -0.15) is 4.98 Å². The van der Waals surface area contributed by atoms with E-state index in [-0.39, 0.29) is 17.1 Å². The average Bonchev–Trinajstić information content (AvgIpc) is 2.66. The summed E-state index contributed by atoms with van der Waals surface area (Å²) in [5.74, 6) is 0.332. The first kappa shape index (κ1) is 10.1. The molecule has 0 amide bonds. The highest BCUT2D eigenvalue weighted by molar-refractivity contribution is 6.20. The minimum absolute atomic E-state index is 0.275. The van der Waals surface area contributed by atoms with Crippen molar-refractivity contribution in [3.05, 3.63) is 35.9 Å². The van der Waals surface area contributed by atoms with Gasteiger partial charge >= 0.3 is 0 Å². The first-order valence-electron chi connectivity index (χ1n) is 4.40. The molecule has 2 rings (SSSR count). The largest absolute Gasteiger partial charge is 0.334 e. The lowest BCUT2D eigenvalue weighted by Crippen LogP contribution is -1.86. The fraction of sp³-hybridized carbons (Fsp3) is 0.200. The Morgan fingerprint density at radius 3 is 2.87 bits per heavy atom. The summed E-state index contributed by atoms with van der Waals surface area (Å²) in [5, 5.41) is 3.36. The Bertz CT molecular complexity index is 470. The predicted octanol–water partition coefficient (Wildman–Crippen LogP) is 3.18. The number of benzene rings is 1. The monoisotopic (exact) mass is 226 g/mol. The summed E-state index contributed by atoms with van der Waals surface area (Å²) < 4.78 is 17.9. The summed E-state index contributed by atoms with van der Waals surface area (Å²) in [5.41, 5.74) is 0.547. The van der Waals surface area contributed by atoms with Gasteiger partial charge in [-0.3, -0.25) is 0 Å². The molecule has 1 unspecified atom stereocenters. The van der Waals surface area contributed by atoms with Gasteiger partial charge in [0.25, 0.3) is 5.89 Å². The van der Waals surface area contributed by atoms with Gasteiger partial charge in [-0.1, -0.05) is 11.2 Å². The van der Waals surface area contributed by atoms with Crippen molar-refractivity contribution in [2.45, 2.75) is 12.3 Å². The number of hydrogen-bond donors (Lipinski definition) is 0. The SMILES string of the molecule is CC(Cl)c1noc(-c2cccc(F)c2)n1. The third-order valence-corrected chi connectivity index (χ3v) is 2.06. The van der Waals surface area contributed by atoms with Crippen molar-refractivity contribution in [3.8, 4) is 11.5 Å². The molecule has 0 bridgehead atoms. The maximum absolute atomic E-state index is 12.9. The van der Waals surface area contributed by atoms with E-state index in [9.17, 15) is 4.39 Å². The fourth-order valence-corrected chi connectivity index (χ4v) is 1.22. The second-order valence-corrected chi connectivity index (χ2v) is 3.74. The molecule has 0 aliphatic heterocycles. The lowest BCUT2D eigenvalue weighted by Gasteiger charge is -1.93. The molecule has 5 heteroatoms. The van der Waals surface area contributed by atoms with Gasteiger partial charge in [0.2, 0.25) is 0 Å². The van der Waals surface area contributed by atoms with Crippen LogP contribution in [0, 0.1) is 5.82 Å². The van der Waals surface area contributed by atoms with E-state index in [1.165, 1.54) is 12.1 Å². The predicted molar refractivity (Wildman–Crippen MR) is 54.0 cm³/mol. The molecular weight excluding hydrogens is 219 g/mol. The van der Waals surface area contributed by atoms with Gasteiger partial charge in [-0.25, -0.2) is 4.39 Å². The molecule has 1 heterocycles. The number of aromatic nitrogens is 2. The number of nitrogens with zero attached hydrogens (tertiary/aromatic N) is 2. The second-order valence-electron chi connectivity index (χ2n) is 3.08. The summed E-state index contributed by atoms with van der Waals surface area (Å²) in [6.45, 7) is 1.74. The van der Waals surface area contributed by atoms with Crippen LogP contribution < -0.4 is 0 Å². The molecular formula is C10H8ClFN2O. The van der Waals surface area contributed by atoms with E-state index in [0.29, 0.717) is 11.4 Å². The quantitative estimate of drug-likeness (QED) is 0.739. The van der Waals surface area contributed by atoms with Crippen molar-refractivity contribution in [2.75, 3.05) is 0 Å². The third kappa shape index (κ3) is 2.15. The Hall–Kier alpha value is -1.42. The van der Waals surface area contributed by atoms with Crippen LogP contribution >= 0.6 is 11.6 Å².